The van der Waals surface area contributed by atoms with E-state index in [9.17, 15) is 0 Å². The molecule has 0 radical (unpaired) electrons. The quantitative estimate of drug-likeness (QED) is 0.708. The zero-order valence-electron chi connectivity index (χ0n) is 10.7. The monoisotopic (exact) mass is 366 g/mol. The third-order valence-electron chi connectivity index (χ3n) is 2.54. The molecular formula is C12H8BrClN6O. The predicted octanol–water partition coefficient (Wildman–Crippen LogP) is 2.97. The van der Waals surface area contributed by atoms with Gasteiger partial charge in [-0.05, 0) is 42.3 Å². The van der Waals surface area contributed by atoms with Gasteiger partial charge in [-0.1, -0.05) is 15.9 Å². The molecule has 0 spiro atoms. The van der Waals surface area contributed by atoms with Crippen LogP contribution in [0.2, 0.25) is 5.28 Å². The highest BCUT2D eigenvalue weighted by atomic mass is 79.9. The van der Waals surface area contributed by atoms with Gasteiger partial charge in [0.05, 0.1) is 0 Å². The number of nitrogens with zero attached hydrogens (tertiary/aromatic N) is 6. The number of rotatable bonds is 3. The Morgan fingerprint density at radius 1 is 1.24 bits per heavy atom. The van der Waals surface area contributed by atoms with E-state index in [1.807, 2.05) is 25.1 Å². The van der Waals surface area contributed by atoms with Crippen LogP contribution in [0.5, 0.6) is 11.8 Å². The van der Waals surface area contributed by atoms with E-state index < -0.39 is 0 Å². The highest BCUT2D eigenvalue weighted by Gasteiger charge is 2.10. The van der Waals surface area contributed by atoms with Crippen LogP contribution in [-0.2, 0) is 0 Å². The summed E-state index contributed by atoms with van der Waals surface area (Å²) in [4.78, 5) is 15.9. The van der Waals surface area contributed by atoms with Gasteiger partial charge in [-0.15, -0.1) is 0 Å². The lowest BCUT2D eigenvalue weighted by molar-refractivity contribution is 0.434. The summed E-state index contributed by atoms with van der Waals surface area (Å²) < 4.78 is 7.99. The molecule has 0 aliphatic carbocycles. The van der Waals surface area contributed by atoms with Crippen LogP contribution in [0.25, 0.3) is 5.95 Å². The fourth-order valence-corrected chi connectivity index (χ4v) is 2.23. The molecule has 2 heterocycles. The number of hydrogen-bond acceptors (Lipinski definition) is 6. The average molecular weight is 368 g/mol. The van der Waals surface area contributed by atoms with E-state index in [4.69, 9.17) is 16.3 Å². The van der Waals surface area contributed by atoms with Gasteiger partial charge in [0.2, 0.25) is 5.28 Å². The minimum atomic E-state index is 0.0141. The van der Waals surface area contributed by atoms with Crippen LogP contribution in [-0.4, -0.2) is 29.7 Å². The van der Waals surface area contributed by atoms with Crippen molar-refractivity contribution >= 4 is 27.5 Å². The molecule has 3 rings (SSSR count). The highest BCUT2D eigenvalue weighted by molar-refractivity contribution is 9.10. The van der Waals surface area contributed by atoms with Crippen LogP contribution in [0.4, 0.5) is 0 Å². The third kappa shape index (κ3) is 3.17. The van der Waals surface area contributed by atoms with E-state index in [-0.39, 0.29) is 17.2 Å². The first-order chi connectivity index (χ1) is 10.1. The smallest absolute Gasteiger partial charge is 0.328 e. The van der Waals surface area contributed by atoms with E-state index in [0.717, 1.165) is 10.0 Å². The molecule has 106 valence electrons. The molecule has 9 heteroatoms. The van der Waals surface area contributed by atoms with E-state index in [1.165, 1.54) is 17.3 Å². The first-order valence-corrected chi connectivity index (χ1v) is 6.99. The Morgan fingerprint density at radius 3 is 2.81 bits per heavy atom. The Labute approximate surface area is 133 Å². The Kier molecular flexibility index (Phi) is 3.80. The lowest BCUT2D eigenvalue weighted by Gasteiger charge is -2.08. The van der Waals surface area contributed by atoms with Gasteiger partial charge in [0.1, 0.15) is 18.4 Å². The number of aryl methyl sites for hydroxylation is 1. The summed E-state index contributed by atoms with van der Waals surface area (Å²) in [6, 6.07) is 5.69. The SMILES string of the molecule is Cc1cc(Br)ccc1Oc1nc(Cl)nc(-n2cncn2)n1. The van der Waals surface area contributed by atoms with Gasteiger partial charge in [-0.2, -0.15) is 24.7 Å². The molecule has 0 amide bonds. The molecule has 0 atom stereocenters. The minimum Gasteiger partial charge on any atom is -0.424 e. The summed E-state index contributed by atoms with van der Waals surface area (Å²) in [6.45, 7) is 1.92. The predicted molar refractivity (Wildman–Crippen MR) is 78.7 cm³/mol. The van der Waals surface area contributed by atoms with Crippen molar-refractivity contribution in [2.24, 2.45) is 0 Å². The van der Waals surface area contributed by atoms with E-state index in [2.05, 4.69) is 41.0 Å². The maximum atomic E-state index is 5.89. The Bertz CT molecular complexity index is 779. The molecule has 7 nitrogen and oxygen atoms in total. The molecule has 3 aromatic rings. The van der Waals surface area contributed by atoms with E-state index in [0.29, 0.717) is 5.75 Å². The van der Waals surface area contributed by atoms with Gasteiger partial charge < -0.3 is 4.74 Å². The molecule has 2 aromatic heterocycles. The van der Waals surface area contributed by atoms with E-state index in [1.54, 1.807) is 0 Å². The molecule has 21 heavy (non-hydrogen) atoms. The lowest BCUT2D eigenvalue weighted by Crippen LogP contribution is -2.05. The van der Waals surface area contributed by atoms with Gasteiger partial charge >= 0.3 is 6.01 Å². The van der Waals surface area contributed by atoms with Gasteiger partial charge in [0.25, 0.3) is 5.95 Å². The summed E-state index contributed by atoms with van der Waals surface area (Å²) in [5.41, 5.74) is 0.934. The summed E-state index contributed by atoms with van der Waals surface area (Å²) >= 11 is 9.28. The zero-order valence-corrected chi connectivity index (χ0v) is 13.1. The Hall–Kier alpha value is -2.06. The second-order valence-corrected chi connectivity index (χ2v) is 5.29. The molecule has 0 fully saturated rings. The molecule has 0 unspecified atom stereocenters. The second-order valence-electron chi connectivity index (χ2n) is 4.04. The van der Waals surface area contributed by atoms with Crippen LogP contribution >= 0.6 is 27.5 Å². The van der Waals surface area contributed by atoms with Crippen molar-refractivity contribution in [3.8, 4) is 17.7 Å². The van der Waals surface area contributed by atoms with Gasteiger partial charge in [0, 0.05) is 4.47 Å². The van der Waals surface area contributed by atoms with Crippen molar-refractivity contribution in [2.75, 3.05) is 0 Å². The van der Waals surface area contributed by atoms with Crippen LogP contribution in [0.1, 0.15) is 5.56 Å². The van der Waals surface area contributed by atoms with Gasteiger partial charge in [-0.25, -0.2) is 4.98 Å². The maximum absolute atomic E-state index is 5.89. The standard InChI is InChI=1S/C12H8BrClN6O/c1-7-4-8(13)2-3-9(7)21-12-18-10(14)17-11(19-12)20-6-15-5-16-20/h2-6H,1H3. The van der Waals surface area contributed by atoms with Crippen LogP contribution in [0, 0.1) is 6.92 Å². The van der Waals surface area contributed by atoms with Gasteiger partial charge in [-0.3, -0.25) is 0 Å². The average Bonchev–Trinajstić information content (AvgIpc) is 2.95. The summed E-state index contributed by atoms with van der Waals surface area (Å²) in [7, 11) is 0. The van der Waals surface area contributed by atoms with E-state index >= 15 is 0 Å². The lowest BCUT2D eigenvalue weighted by atomic mass is 10.2. The molecule has 0 aliphatic rings. The number of hydrogen-bond donors (Lipinski definition) is 0. The fraction of sp³-hybridized carbons (Fsp3) is 0.0833. The van der Waals surface area contributed by atoms with Crippen molar-refractivity contribution in [3.05, 3.63) is 46.2 Å². The molecular weight excluding hydrogens is 360 g/mol. The molecule has 0 N–H and O–H groups in total. The number of benzene rings is 1. The Morgan fingerprint density at radius 2 is 2.10 bits per heavy atom. The third-order valence-corrected chi connectivity index (χ3v) is 3.20. The van der Waals surface area contributed by atoms with Crippen LogP contribution in [0.15, 0.2) is 35.3 Å². The minimum absolute atomic E-state index is 0.0141. The van der Waals surface area contributed by atoms with Crippen molar-refractivity contribution in [2.45, 2.75) is 6.92 Å². The number of aromatic nitrogens is 6. The Balaban J connectivity index is 1.95. The maximum Gasteiger partial charge on any atom is 0.328 e. The molecule has 0 saturated heterocycles. The van der Waals surface area contributed by atoms with Crippen LogP contribution in [0.3, 0.4) is 0 Å². The molecule has 0 aliphatic heterocycles. The number of halogens is 2. The van der Waals surface area contributed by atoms with Gasteiger partial charge in [0.15, 0.2) is 0 Å². The molecule has 0 bridgehead atoms. The van der Waals surface area contributed by atoms with Crippen molar-refractivity contribution in [1.29, 1.82) is 0 Å². The summed E-state index contributed by atoms with van der Waals surface area (Å²) in [5.74, 6) is 0.863. The summed E-state index contributed by atoms with van der Waals surface area (Å²) in [6.07, 6.45) is 2.83. The second kappa shape index (κ2) is 5.74. The normalized spacial score (nSPS) is 10.6. The first kappa shape index (κ1) is 13.9. The highest BCUT2D eigenvalue weighted by Crippen LogP contribution is 2.26. The molecule has 1 aromatic carbocycles. The van der Waals surface area contributed by atoms with Crippen molar-refractivity contribution < 1.29 is 4.74 Å². The van der Waals surface area contributed by atoms with Crippen molar-refractivity contribution in [1.82, 2.24) is 29.7 Å². The van der Waals surface area contributed by atoms with Crippen molar-refractivity contribution in [3.63, 3.8) is 0 Å². The number of ether oxygens (including phenoxy) is 1. The first-order valence-electron chi connectivity index (χ1n) is 5.82. The van der Waals surface area contributed by atoms with Crippen LogP contribution < -0.4 is 4.74 Å². The summed E-state index contributed by atoms with van der Waals surface area (Å²) in [5, 5.41) is 3.95. The largest absolute Gasteiger partial charge is 0.424 e. The fourth-order valence-electron chi connectivity index (χ4n) is 1.61. The molecule has 0 saturated carbocycles. The topological polar surface area (TPSA) is 78.6 Å². The zero-order chi connectivity index (χ0) is 14.8.